The summed E-state index contributed by atoms with van der Waals surface area (Å²) in [6, 6.07) is -0.434. The van der Waals surface area contributed by atoms with Crippen molar-refractivity contribution in [2.45, 2.75) is 0 Å². The maximum absolute atomic E-state index is 11.1. The summed E-state index contributed by atoms with van der Waals surface area (Å²) in [6.07, 6.45) is 0. The van der Waals surface area contributed by atoms with E-state index in [2.05, 4.69) is 10.6 Å². The SMILES string of the molecule is NC(=O)COCCNC(=O)NCCOCC(=O)O. The van der Waals surface area contributed by atoms with Gasteiger partial charge < -0.3 is 30.9 Å². The van der Waals surface area contributed by atoms with Crippen molar-refractivity contribution in [2.24, 2.45) is 5.73 Å². The molecule has 9 nitrogen and oxygen atoms in total. The van der Waals surface area contributed by atoms with Crippen molar-refractivity contribution in [3.05, 3.63) is 0 Å². The lowest BCUT2D eigenvalue weighted by atomic mass is 10.6. The molecule has 0 radical (unpaired) electrons. The van der Waals surface area contributed by atoms with Gasteiger partial charge in [-0.05, 0) is 0 Å². The van der Waals surface area contributed by atoms with Crippen LogP contribution in [0, 0.1) is 0 Å². The largest absolute Gasteiger partial charge is 0.480 e. The standard InChI is InChI=1S/C9H17N3O6/c10-7(13)5-17-3-1-11-9(16)12-2-4-18-6-8(14)15/h1-6H2,(H2,10,13)(H,14,15)(H2,11,12,16). The fourth-order valence-corrected chi connectivity index (χ4v) is 0.868. The lowest BCUT2D eigenvalue weighted by molar-refractivity contribution is -0.142. The van der Waals surface area contributed by atoms with Crippen LogP contribution < -0.4 is 16.4 Å². The third-order valence-corrected chi connectivity index (χ3v) is 1.53. The summed E-state index contributed by atoms with van der Waals surface area (Å²) in [5.74, 6) is -1.64. The van der Waals surface area contributed by atoms with E-state index in [1.54, 1.807) is 0 Å². The number of rotatable bonds is 10. The van der Waals surface area contributed by atoms with E-state index in [-0.39, 0.29) is 32.9 Å². The molecule has 18 heavy (non-hydrogen) atoms. The van der Waals surface area contributed by atoms with Crippen molar-refractivity contribution in [1.29, 1.82) is 0 Å². The smallest absolute Gasteiger partial charge is 0.329 e. The van der Waals surface area contributed by atoms with Gasteiger partial charge in [0.1, 0.15) is 13.2 Å². The first-order chi connectivity index (χ1) is 8.52. The highest BCUT2D eigenvalue weighted by Crippen LogP contribution is 1.75. The number of carbonyl (C=O) groups excluding carboxylic acids is 2. The van der Waals surface area contributed by atoms with Crippen molar-refractivity contribution < 1.29 is 29.0 Å². The molecule has 104 valence electrons. The highest BCUT2D eigenvalue weighted by atomic mass is 16.5. The zero-order valence-corrected chi connectivity index (χ0v) is 9.81. The van der Waals surface area contributed by atoms with Gasteiger partial charge in [0.05, 0.1) is 13.2 Å². The van der Waals surface area contributed by atoms with Crippen LogP contribution in [0.2, 0.25) is 0 Å². The molecule has 0 aromatic rings. The Balaban J connectivity index is 3.27. The molecule has 3 amide bonds. The summed E-state index contributed by atoms with van der Waals surface area (Å²) < 4.78 is 9.50. The Morgan fingerprint density at radius 2 is 1.50 bits per heavy atom. The molecule has 0 heterocycles. The molecule has 0 fully saturated rings. The van der Waals surface area contributed by atoms with Crippen LogP contribution in [-0.4, -0.2) is 62.5 Å². The van der Waals surface area contributed by atoms with E-state index in [4.69, 9.17) is 20.3 Å². The van der Waals surface area contributed by atoms with Gasteiger partial charge in [0.25, 0.3) is 0 Å². The third kappa shape index (κ3) is 12.2. The number of nitrogens with one attached hydrogen (secondary N) is 2. The minimum atomic E-state index is -1.06. The third-order valence-electron chi connectivity index (χ3n) is 1.53. The Hall–Kier alpha value is -1.87. The monoisotopic (exact) mass is 263 g/mol. The van der Waals surface area contributed by atoms with Gasteiger partial charge in [0.15, 0.2) is 0 Å². The van der Waals surface area contributed by atoms with Crippen molar-refractivity contribution in [1.82, 2.24) is 10.6 Å². The number of urea groups is 1. The van der Waals surface area contributed by atoms with E-state index in [1.165, 1.54) is 0 Å². The Labute approximate surface area is 104 Å². The van der Waals surface area contributed by atoms with Crippen molar-refractivity contribution >= 4 is 17.9 Å². The fraction of sp³-hybridized carbons (Fsp3) is 0.667. The van der Waals surface area contributed by atoms with Crippen LogP contribution in [0.3, 0.4) is 0 Å². The Kier molecular flexibility index (Phi) is 9.23. The second-order valence-corrected chi connectivity index (χ2v) is 3.15. The predicted octanol–water partition coefficient (Wildman–Crippen LogP) is -2.11. The van der Waals surface area contributed by atoms with Crippen molar-refractivity contribution in [2.75, 3.05) is 39.5 Å². The summed E-state index contributed by atoms with van der Waals surface area (Å²) in [6.45, 7) is 0.122. The average molecular weight is 263 g/mol. The molecule has 0 aliphatic heterocycles. The minimum Gasteiger partial charge on any atom is -0.480 e. The predicted molar refractivity (Wildman–Crippen MR) is 59.9 cm³/mol. The molecule has 5 N–H and O–H groups in total. The van der Waals surface area contributed by atoms with Gasteiger partial charge in [-0.1, -0.05) is 0 Å². The molecule has 0 atom stereocenters. The van der Waals surface area contributed by atoms with E-state index < -0.39 is 24.5 Å². The molecule has 0 bridgehead atoms. The van der Waals surface area contributed by atoms with Crippen LogP contribution >= 0.6 is 0 Å². The van der Waals surface area contributed by atoms with E-state index >= 15 is 0 Å². The number of nitrogens with two attached hydrogens (primary N) is 1. The maximum atomic E-state index is 11.1. The first kappa shape index (κ1) is 16.1. The van der Waals surface area contributed by atoms with Gasteiger partial charge in [0.2, 0.25) is 5.91 Å². The zero-order chi connectivity index (χ0) is 13.8. The van der Waals surface area contributed by atoms with E-state index in [0.717, 1.165) is 0 Å². The van der Waals surface area contributed by atoms with Crippen LogP contribution in [0.25, 0.3) is 0 Å². The second-order valence-electron chi connectivity index (χ2n) is 3.15. The lowest BCUT2D eigenvalue weighted by Gasteiger charge is -2.07. The lowest BCUT2D eigenvalue weighted by Crippen LogP contribution is -2.39. The van der Waals surface area contributed by atoms with Crippen LogP contribution in [0.1, 0.15) is 0 Å². The topological polar surface area (TPSA) is 140 Å². The summed E-state index contributed by atoms with van der Waals surface area (Å²) in [4.78, 5) is 31.5. The highest BCUT2D eigenvalue weighted by molar-refractivity contribution is 5.75. The van der Waals surface area contributed by atoms with Crippen molar-refractivity contribution in [3.8, 4) is 0 Å². The fourth-order valence-electron chi connectivity index (χ4n) is 0.868. The van der Waals surface area contributed by atoms with Crippen LogP contribution in [-0.2, 0) is 19.1 Å². The van der Waals surface area contributed by atoms with Gasteiger partial charge in [-0.2, -0.15) is 0 Å². The molecule has 0 rings (SSSR count). The average Bonchev–Trinajstić information content (AvgIpc) is 2.27. The molecule has 0 aliphatic rings. The number of carboxylic acids is 1. The molecule has 0 aliphatic carbocycles. The number of carbonyl (C=O) groups is 3. The zero-order valence-electron chi connectivity index (χ0n) is 9.81. The number of primary amides is 1. The molecule has 0 unspecified atom stereocenters. The molecule has 0 saturated heterocycles. The van der Waals surface area contributed by atoms with Gasteiger partial charge in [-0.3, -0.25) is 4.79 Å². The second kappa shape index (κ2) is 10.3. The number of hydrogen-bond donors (Lipinski definition) is 4. The van der Waals surface area contributed by atoms with E-state index in [9.17, 15) is 14.4 Å². The highest BCUT2D eigenvalue weighted by Gasteiger charge is 2.00. The molecule has 0 spiro atoms. The summed E-state index contributed by atoms with van der Waals surface area (Å²) in [7, 11) is 0. The first-order valence-electron chi connectivity index (χ1n) is 5.19. The van der Waals surface area contributed by atoms with E-state index in [1.807, 2.05) is 0 Å². The summed E-state index contributed by atoms with van der Waals surface area (Å²) in [5.41, 5.74) is 4.83. The first-order valence-corrected chi connectivity index (χ1v) is 5.19. The van der Waals surface area contributed by atoms with Gasteiger partial charge in [-0.15, -0.1) is 0 Å². The molecular formula is C9H17N3O6. The van der Waals surface area contributed by atoms with Crippen LogP contribution in [0.5, 0.6) is 0 Å². The molecule has 0 saturated carbocycles. The van der Waals surface area contributed by atoms with Crippen LogP contribution in [0.15, 0.2) is 0 Å². The quantitative estimate of drug-likeness (QED) is 0.332. The summed E-state index contributed by atoms with van der Waals surface area (Å²) in [5, 5.41) is 13.2. The Bertz CT molecular complexity index is 257. The van der Waals surface area contributed by atoms with Gasteiger partial charge >= 0.3 is 12.0 Å². The molecular weight excluding hydrogens is 246 g/mol. The van der Waals surface area contributed by atoms with Crippen LogP contribution in [0.4, 0.5) is 4.79 Å². The number of aliphatic carboxylic acids is 1. The normalized spacial score (nSPS) is 9.78. The van der Waals surface area contributed by atoms with Gasteiger partial charge in [-0.25, -0.2) is 9.59 Å². The Morgan fingerprint density at radius 3 is 1.94 bits per heavy atom. The molecule has 0 aromatic carbocycles. The number of hydrogen-bond acceptors (Lipinski definition) is 5. The number of ether oxygens (including phenoxy) is 2. The van der Waals surface area contributed by atoms with Crippen molar-refractivity contribution in [3.63, 3.8) is 0 Å². The van der Waals surface area contributed by atoms with E-state index in [0.29, 0.717) is 0 Å². The number of amides is 3. The molecule has 0 aromatic heterocycles. The van der Waals surface area contributed by atoms with Gasteiger partial charge in [0, 0.05) is 13.1 Å². The Morgan fingerprint density at radius 1 is 1.00 bits per heavy atom. The maximum Gasteiger partial charge on any atom is 0.329 e. The number of carboxylic acid groups (broad SMARTS) is 1. The summed E-state index contributed by atoms with van der Waals surface area (Å²) >= 11 is 0. The molecule has 9 heteroatoms. The minimum absolute atomic E-state index is 0.109.